The third-order valence-corrected chi connectivity index (χ3v) is 5.69. The number of likely N-dealkylation sites (tertiary alicyclic amines) is 1. The molecule has 29 heavy (non-hydrogen) atoms. The number of rotatable bonds is 7. The predicted octanol–water partition coefficient (Wildman–Crippen LogP) is 2.45. The van der Waals surface area contributed by atoms with Crippen molar-refractivity contribution < 1.29 is 19.1 Å². The fourth-order valence-electron chi connectivity index (χ4n) is 4.15. The molecule has 3 rings (SSSR count). The molecule has 0 saturated carbocycles. The average molecular weight is 399 g/mol. The summed E-state index contributed by atoms with van der Waals surface area (Å²) in [5, 5.41) is 3.93. The molecule has 1 aromatic rings. The predicted molar refractivity (Wildman–Crippen MR) is 109 cm³/mol. The van der Waals surface area contributed by atoms with Crippen LogP contribution in [0.2, 0.25) is 0 Å². The molecule has 7 nitrogen and oxygen atoms in total. The number of hydrogen-bond acceptors (Lipinski definition) is 5. The first-order valence-electron chi connectivity index (χ1n) is 10.4. The summed E-state index contributed by atoms with van der Waals surface area (Å²) in [7, 11) is 0. The fraction of sp³-hybridized carbons (Fsp3) is 0.545. The molecule has 1 aromatic carbocycles. The molecule has 2 aliphatic rings. The molecule has 0 aromatic heterocycles. The lowest BCUT2D eigenvalue weighted by Crippen LogP contribution is -2.52. The molecule has 7 heteroatoms. The Hall–Kier alpha value is -2.70. The van der Waals surface area contributed by atoms with E-state index < -0.39 is 5.41 Å². The maximum absolute atomic E-state index is 12.9. The largest absolute Gasteiger partial charge is 0.466 e. The first-order chi connectivity index (χ1) is 14.0. The van der Waals surface area contributed by atoms with Crippen LogP contribution < -0.4 is 5.43 Å². The van der Waals surface area contributed by atoms with Gasteiger partial charge in [-0.25, -0.2) is 5.43 Å². The zero-order valence-corrected chi connectivity index (χ0v) is 17.0. The van der Waals surface area contributed by atoms with Gasteiger partial charge in [-0.15, -0.1) is 0 Å². The Morgan fingerprint density at radius 2 is 2.03 bits per heavy atom. The number of nitrogens with zero attached hydrogens (tertiary/aromatic N) is 2. The molecule has 156 valence electrons. The van der Waals surface area contributed by atoms with E-state index >= 15 is 0 Å². The number of esters is 1. The Balaban J connectivity index is 1.70. The normalized spacial score (nSPS) is 21.9. The van der Waals surface area contributed by atoms with E-state index in [0.717, 1.165) is 19.3 Å². The number of piperidine rings is 1. The first kappa shape index (κ1) is 21.0. The number of benzene rings is 1. The molecule has 1 fully saturated rings. The number of ether oxygens (including phenoxy) is 1. The summed E-state index contributed by atoms with van der Waals surface area (Å²) in [6.07, 6.45) is 4.47. The standard InChI is InChI=1S/C22H29N3O4/c1-2-29-21(28)22(13-6-10-17-8-4-3-5-9-17)14-7-15-25(16-22)20(27)18-11-12-19(26)24-23-18/h3-5,8-9H,2,6-7,10-16H2,1H3,(H,24,26). The molecule has 0 aliphatic carbocycles. The van der Waals surface area contributed by atoms with Gasteiger partial charge in [0.25, 0.3) is 5.91 Å². The number of hydrogen-bond donors (Lipinski definition) is 1. The minimum atomic E-state index is -0.683. The maximum Gasteiger partial charge on any atom is 0.313 e. The Morgan fingerprint density at radius 1 is 1.24 bits per heavy atom. The van der Waals surface area contributed by atoms with Gasteiger partial charge in [-0.2, -0.15) is 5.10 Å². The summed E-state index contributed by atoms with van der Waals surface area (Å²) in [6, 6.07) is 10.2. The van der Waals surface area contributed by atoms with Gasteiger partial charge in [-0.3, -0.25) is 14.4 Å². The van der Waals surface area contributed by atoms with Crippen LogP contribution in [0.4, 0.5) is 0 Å². The highest BCUT2D eigenvalue weighted by Crippen LogP contribution is 2.37. The Bertz CT molecular complexity index is 778. The van der Waals surface area contributed by atoms with E-state index in [-0.39, 0.29) is 24.2 Å². The molecule has 0 spiro atoms. The van der Waals surface area contributed by atoms with Crippen LogP contribution in [0.1, 0.15) is 51.0 Å². The lowest BCUT2D eigenvalue weighted by atomic mass is 9.75. The van der Waals surface area contributed by atoms with Gasteiger partial charge >= 0.3 is 5.97 Å². The van der Waals surface area contributed by atoms with Gasteiger partial charge in [0.2, 0.25) is 5.91 Å². The van der Waals surface area contributed by atoms with Gasteiger partial charge in [-0.05, 0) is 44.6 Å². The van der Waals surface area contributed by atoms with Gasteiger partial charge in [-0.1, -0.05) is 30.3 Å². The van der Waals surface area contributed by atoms with Gasteiger partial charge in [0, 0.05) is 25.9 Å². The fourth-order valence-corrected chi connectivity index (χ4v) is 4.15. The van der Waals surface area contributed by atoms with E-state index in [1.54, 1.807) is 11.8 Å². The molecule has 1 N–H and O–H groups in total. The highest BCUT2D eigenvalue weighted by molar-refractivity contribution is 6.39. The topological polar surface area (TPSA) is 88.1 Å². The second kappa shape index (κ2) is 9.67. The zero-order chi connectivity index (χ0) is 20.7. The highest BCUT2D eigenvalue weighted by Gasteiger charge is 2.44. The van der Waals surface area contributed by atoms with E-state index in [1.165, 1.54) is 5.56 Å². The van der Waals surface area contributed by atoms with Gasteiger partial charge in [0.05, 0.1) is 12.0 Å². The highest BCUT2D eigenvalue weighted by atomic mass is 16.5. The van der Waals surface area contributed by atoms with E-state index in [1.807, 2.05) is 18.2 Å². The average Bonchev–Trinajstić information content (AvgIpc) is 2.75. The van der Waals surface area contributed by atoms with Crippen LogP contribution in [-0.4, -0.2) is 48.1 Å². The Morgan fingerprint density at radius 3 is 2.72 bits per heavy atom. The van der Waals surface area contributed by atoms with Crippen LogP contribution in [0.15, 0.2) is 35.4 Å². The number of aryl methyl sites for hydroxylation is 1. The summed E-state index contributed by atoms with van der Waals surface area (Å²) in [6.45, 7) is 3.06. The Labute approximate surface area is 171 Å². The number of hydrazone groups is 1. The molecular formula is C22H29N3O4. The molecule has 1 saturated heterocycles. The van der Waals surface area contributed by atoms with Crippen molar-refractivity contribution in [1.29, 1.82) is 0 Å². The second-order valence-electron chi connectivity index (χ2n) is 7.76. The monoisotopic (exact) mass is 399 g/mol. The molecule has 2 amide bonds. The SMILES string of the molecule is CCOC(=O)C1(CCCc2ccccc2)CCCN(C(=O)C2=NNC(=O)CC2)C1. The van der Waals surface area contributed by atoms with Crippen molar-refractivity contribution in [2.75, 3.05) is 19.7 Å². The second-order valence-corrected chi connectivity index (χ2v) is 7.76. The molecule has 0 radical (unpaired) electrons. The number of carbonyl (C=O) groups is 3. The van der Waals surface area contributed by atoms with Crippen LogP contribution in [0.5, 0.6) is 0 Å². The van der Waals surface area contributed by atoms with Crippen molar-refractivity contribution in [2.24, 2.45) is 10.5 Å². The third-order valence-electron chi connectivity index (χ3n) is 5.69. The first-order valence-corrected chi connectivity index (χ1v) is 10.4. The van der Waals surface area contributed by atoms with E-state index in [0.29, 0.717) is 44.7 Å². The van der Waals surface area contributed by atoms with Crippen molar-refractivity contribution in [3.8, 4) is 0 Å². The minimum absolute atomic E-state index is 0.179. The molecular weight excluding hydrogens is 370 g/mol. The summed E-state index contributed by atoms with van der Waals surface area (Å²) < 4.78 is 5.41. The van der Waals surface area contributed by atoms with Crippen molar-refractivity contribution in [3.05, 3.63) is 35.9 Å². The number of nitrogens with one attached hydrogen (secondary N) is 1. The molecule has 0 bridgehead atoms. The lowest BCUT2D eigenvalue weighted by Gasteiger charge is -2.41. The van der Waals surface area contributed by atoms with Crippen LogP contribution >= 0.6 is 0 Å². The minimum Gasteiger partial charge on any atom is -0.466 e. The van der Waals surface area contributed by atoms with Crippen molar-refractivity contribution in [2.45, 2.75) is 51.9 Å². The lowest BCUT2D eigenvalue weighted by molar-refractivity contribution is -0.160. The molecule has 2 aliphatic heterocycles. The maximum atomic E-state index is 12.9. The van der Waals surface area contributed by atoms with Crippen LogP contribution in [-0.2, 0) is 25.5 Å². The van der Waals surface area contributed by atoms with E-state index in [9.17, 15) is 14.4 Å². The molecule has 1 unspecified atom stereocenters. The van der Waals surface area contributed by atoms with Gasteiger partial charge in [0.1, 0.15) is 5.71 Å². The third kappa shape index (κ3) is 5.22. The van der Waals surface area contributed by atoms with Gasteiger partial charge < -0.3 is 9.64 Å². The Kier molecular flexibility index (Phi) is 7.01. The van der Waals surface area contributed by atoms with Crippen molar-refractivity contribution in [3.63, 3.8) is 0 Å². The summed E-state index contributed by atoms with van der Waals surface area (Å²) in [4.78, 5) is 38.8. The van der Waals surface area contributed by atoms with Crippen LogP contribution in [0, 0.1) is 5.41 Å². The van der Waals surface area contributed by atoms with Gasteiger partial charge in [0.15, 0.2) is 0 Å². The summed E-state index contributed by atoms with van der Waals surface area (Å²) in [5.74, 6) is -0.590. The molecule has 2 heterocycles. The number of amides is 2. The smallest absolute Gasteiger partial charge is 0.313 e. The zero-order valence-electron chi connectivity index (χ0n) is 17.0. The summed E-state index contributed by atoms with van der Waals surface area (Å²) in [5.41, 5.74) is 3.29. The van der Waals surface area contributed by atoms with Crippen molar-refractivity contribution in [1.82, 2.24) is 10.3 Å². The molecule has 1 atom stereocenters. The number of carbonyl (C=O) groups excluding carboxylic acids is 3. The summed E-state index contributed by atoms with van der Waals surface area (Å²) >= 11 is 0. The van der Waals surface area contributed by atoms with Crippen LogP contribution in [0.3, 0.4) is 0 Å². The van der Waals surface area contributed by atoms with E-state index in [2.05, 4.69) is 22.7 Å². The van der Waals surface area contributed by atoms with Crippen molar-refractivity contribution >= 4 is 23.5 Å². The van der Waals surface area contributed by atoms with E-state index in [4.69, 9.17) is 4.74 Å². The van der Waals surface area contributed by atoms with Crippen LogP contribution in [0.25, 0.3) is 0 Å². The quantitative estimate of drug-likeness (QED) is 0.714.